The number of thiophene rings is 1. The first-order valence-electron chi connectivity index (χ1n) is 6.48. The minimum Gasteiger partial charge on any atom is -0.310 e. The fourth-order valence-electron chi connectivity index (χ4n) is 2.33. The lowest BCUT2D eigenvalue weighted by molar-refractivity contribution is -0.113. The molecule has 3 heterocycles. The summed E-state index contributed by atoms with van der Waals surface area (Å²) in [7, 11) is 0. The number of nitrogens with one attached hydrogen (secondary N) is 2. The Bertz CT molecular complexity index is 747. The molecular weight excluding hydrogens is 374 g/mol. The van der Waals surface area contributed by atoms with Crippen LogP contribution in [0, 0.1) is 0 Å². The van der Waals surface area contributed by atoms with Crippen LogP contribution in [0.25, 0.3) is 0 Å². The van der Waals surface area contributed by atoms with Gasteiger partial charge in [-0.15, -0.1) is 23.1 Å². The van der Waals surface area contributed by atoms with Crippen LogP contribution in [0.15, 0.2) is 20.7 Å². The van der Waals surface area contributed by atoms with Crippen molar-refractivity contribution in [2.75, 3.05) is 11.1 Å². The Morgan fingerprint density at radius 3 is 2.76 bits per heavy atom. The molecule has 3 rings (SSSR count). The van der Waals surface area contributed by atoms with E-state index in [0.29, 0.717) is 17.1 Å². The summed E-state index contributed by atoms with van der Waals surface area (Å²) in [5.41, 5.74) is 0.497. The van der Waals surface area contributed by atoms with E-state index in [9.17, 15) is 9.59 Å². The highest BCUT2D eigenvalue weighted by atomic mass is 79.9. The number of aromatic nitrogens is 2. The van der Waals surface area contributed by atoms with Gasteiger partial charge in [0.25, 0.3) is 5.56 Å². The summed E-state index contributed by atoms with van der Waals surface area (Å²) in [6, 6.07) is 4.03. The quantitative estimate of drug-likeness (QED) is 0.829. The summed E-state index contributed by atoms with van der Waals surface area (Å²) in [5, 5.41) is 5.57. The predicted octanol–water partition coefficient (Wildman–Crippen LogP) is 3.36. The molecule has 2 N–H and O–H groups in total. The smallest absolute Gasteiger partial charge is 0.271 e. The van der Waals surface area contributed by atoms with Gasteiger partial charge in [-0.05, 0) is 41.9 Å². The highest BCUT2D eigenvalue weighted by molar-refractivity contribution is 9.11. The van der Waals surface area contributed by atoms with E-state index in [-0.39, 0.29) is 22.8 Å². The monoisotopic (exact) mass is 387 g/mol. The van der Waals surface area contributed by atoms with Crippen LogP contribution in [0.5, 0.6) is 0 Å². The second-order valence-electron chi connectivity index (χ2n) is 5.05. The molecule has 1 aliphatic heterocycles. The molecule has 0 bridgehead atoms. The molecule has 0 saturated carbocycles. The average molecular weight is 388 g/mol. The number of anilines is 1. The molecule has 2 aromatic rings. The number of rotatable bonds is 2. The highest BCUT2D eigenvalue weighted by Gasteiger charge is 2.31. The summed E-state index contributed by atoms with van der Waals surface area (Å²) < 4.78 is 2.75. The number of nitrogens with zero attached hydrogens (tertiary/aromatic N) is 1. The molecule has 2 aromatic heterocycles. The van der Waals surface area contributed by atoms with E-state index >= 15 is 0 Å². The van der Waals surface area contributed by atoms with E-state index in [2.05, 4.69) is 26.3 Å². The maximum atomic E-state index is 12.4. The normalized spacial score (nSPS) is 18.5. The minimum atomic E-state index is -0.136. The Morgan fingerprint density at radius 2 is 2.14 bits per heavy atom. The average Bonchev–Trinajstić information content (AvgIpc) is 2.91. The van der Waals surface area contributed by atoms with E-state index in [0.717, 1.165) is 8.66 Å². The summed E-state index contributed by atoms with van der Waals surface area (Å²) >= 11 is 6.53. The van der Waals surface area contributed by atoms with Crippen LogP contribution >= 0.6 is 39.0 Å². The number of fused-ring (bicyclic) bond motifs is 1. The Morgan fingerprint density at radius 1 is 1.38 bits per heavy atom. The first-order chi connectivity index (χ1) is 9.97. The molecule has 21 heavy (non-hydrogen) atoms. The van der Waals surface area contributed by atoms with Gasteiger partial charge in [0.15, 0.2) is 0 Å². The maximum absolute atomic E-state index is 12.4. The van der Waals surface area contributed by atoms with Crippen molar-refractivity contribution in [3.8, 4) is 0 Å². The molecule has 0 radical (unpaired) electrons. The van der Waals surface area contributed by atoms with Crippen LogP contribution < -0.4 is 10.9 Å². The van der Waals surface area contributed by atoms with Crippen LogP contribution in [0.2, 0.25) is 0 Å². The van der Waals surface area contributed by atoms with Crippen LogP contribution in [-0.4, -0.2) is 21.4 Å². The van der Waals surface area contributed by atoms with E-state index in [1.807, 2.05) is 26.0 Å². The largest absolute Gasteiger partial charge is 0.310 e. The summed E-state index contributed by atoms with van der Waals surface area (Å²) in [6.07, 6.45) is 0. The number of thioether (sulfide) groups is 1. The van der Waals surface area contributed by atoms with Crippen molar-refractivity contribution in [1.82, 2.24) is 9.78 Å². The standard InChI is InChI=1S/C13H14BrN3O2S2/c1-6(2)17-12-10(13(19)16-17)11(20-5-9(18)15-12)7-3-4-8(14)21-7/h3-4,6,11H,5H2,1-2H3,(H,15,18)(H,16,19). The topological polar surface area (TPSA) is 66.9 Å². The minimum absolute atomic E-state index is 0.0700. The van der Waals surface area contributed by atoms with Gasteiger partial charge in [-0.2, -0.15) is 0 Å². The molecule has 1 unspecified atom stereocenters. The number of hydrogen-bond acceptors (Lipinski definition) is 4. The fourth-order valence-corrected chi connectivity index (χ4v) is 5.11. The zero-order valence-corrected chi connectivity index (χ0v) is 14.7. The molecule has 5 nitrogen and oxygen atoms in total. The molecule has 0 aromatic carbocycles. The van der Waals surface area contributed by atoms with Gasteiger partial charge >= 0.3 is 0 Å². The van der Waals surface area contributed by atoms with Gasteiger partial charge in [-0.25, -0.2) is 0 Å². The molecule has 0 spiro atoms. The molecular formula is C13H14BrN3O2S2. The lowest BCUT2D eigenvalue weighted by atomic mass is 10.2. The Balaban J connectivity index is 2.18. The van der Waals surface area contributed by atoms with Crippen LogP contribution in [0.3, 0.4) is 0 Å². The molecule has 1 amide bonds. The second kappa shape index (κ2) is 5.66. The number of carbonyl (C=O) groups excluding carboxylic acids is 1. The first-order valence-corrected chi connectivity index (χ1v) is 9.14. The van der Waals surface area contributed by atoms with E-state index in [1.54, 1.807) is 16.0 Å². The Hall–Kier alpha value is -0.990. The summed E-state index contributed by atoms with van der Waals surface area (Å²) in [5.74, 6) is 0.860. The third-order valence-corrected chi connectivity index (χ3v) is 6.32. The number of amides is 1. The van der Waals surface area contributed by atoms with Crippen molar-refractivity contribution in [2.45, 2.75) is 25.1 Å². The van der Waals surface area contributed by atoms with Gasteiger partial charge < -0.3 is 5.32 Å². The van der Waals surface area contributed by atoms with Crippen molar-refractivity contribution in [2.24, 2.45) is 0 Å². The molecule has 0 fully saturated rings. The molecule has 0 aliphatic carbocycles. The number of H-pyrrole nitrogens is 1. The number of halogens is 1. The van der Waals surface area contributed by atoms with Gasteiger partial charge in [-0.1, -0.05) is 0 Å². The number of hydrogen-bond donors (Lipinski definition) is 2. The molecule has 8 heteroatoms. The van der Waals surface area contributed by atoms with E-state index in [4.69, 9.17) is 0 Å². The van der Waals surface area contributed by atoms with E-state index < -0.39 is 0 Å². The van der Waals surface area contributed by atoms with Gasteiger partial charge in [0.2, 0.25) is 5.91 Å². The van der Waals surface area contributed by atoms with Crippen molar-refractivity contribution >= 4 is 50.8 Å². The van der Waals surface area contributed by atoms with Crippen LogP contribution in [0.1, 0.15) is 35.6 Å². The second-order valence-corrected chi connectivity index (χ2v) is 8.64. The molecule has 112 valence electrons. The van der Waals surface area contributed by atoms with Crippen LogP contribution in [-0.2, 0) is 4.79 Å². The lowest BCUT2D eigenvalue weighted by Crippen LogP contribution is -2.17. The zero-order chi connectivity index (χ0) is 15.1. The van der Waals surface area contributed by atoms with Crippen LogP contribution in [0.4, 0.5) is 5.82 Å². The lowest BCUT2D eigenvalue weighted by Gasteiger charge is -2.13. The SMILES string of the molecule is CC(C)n1[nH]c(=O)c2c1NC(=O)CSC2c1ccc(Br)s1. The Labute approximate surface area is 138 Å². The third kappa shape index (κ3) is 2.72. The highest BCUT2D eigenvalue weighted by Crippen LogP contribution is 2.43. The van der Waals surface area contributed by atoms with Crippen molar-refractivity contribution < 1.29 is 4.79 Å². The van der Waals surface area contributed by atoms with Gasteiger partial charge in [0.05, 0.1) is 20.4 Å². The van der Waals surface area contributed by atoms with Gasteiger partial charge in [0.1, 0.15) is 5.82 Å². The molecule has 1 aliphatic rings. The van der Waals surface area contributed by atoms with Gasteiger partial charge in [-0.3, -0.25) is 19.4 Å². The third-order valence-electron chi connectivity index (χ3n) is 3.23. The number of aromatic amines is 1. The van der Waals surface area contributed by atoms with Crippen molar-refractivity contribution in [1.29, 1.82) is 0 Å². The summed E-state index contributed by atoms with van der Waals surface area (Å²) in [6.45, 7) is 3.94. The predicted molar refractivity (Wildman–Crippen MR) is 90.4 cm³/mol. The van der Waals surface area contributed by atoms with E-state index in [1.165, 1.54) is 11.8 Å². The fraction of sp³-hybridized carbons (Fsp3) is 0.385. The summed E-state index contributed by atoms with van der Waals surface area (Å²) in [4.78, 5) is 25.4. The Kier molecular flexibility index (Phi) is 4.02. The maximum Gasteiger partial charge on any atom is 0.271 e. The molecule has 0 saturated heterocycles. The van der Waals surface area contributed by atoms with Crippen molar-refractivity contribution in [3.05, 3.63) is 36.7 Å². The first kappa shape index (κ1) is 14.9. The molecule has 1 atom stereocenters. The zero-order valence-electron chi connectivity index (χ0n) is 11.5. The van der Waals surface area contributed by atoms with Gasteiger partial charge in [0, 0.05) is 10.9 Å². The van der Waals surface area contributed by atoms with Crippen molar-refractivity contribution in [3.63, 3.8) is 0 Å². The number of carbonyl (C=O) groups is 1.